The third kappa shape index (κ3) is 1.73. The molecule has 0 saturated heterocycles. The van der Waals surface area contributed by atoms with Crippen LogP contribution in [0, 0.1) is 0 Å². The van der Waals surface area contributed by atoms with Gasteiger partial charge in [0.2, 0.25) is 0 Å². The summed E-state index contributed by atoms with van der Waals surface area (Å²) in [7, 11) is 0. The molecule has 3 rings (SSSR count). The van der Waals surface area contributed by atoms with Crippen LogP contribution in [0.4, 0.5) is 0 Å². The molecule has 0 atom stereocenters. The van der Waals surface area contributed by atoms with Crippen LogP contribution < -0.4 is 5.32 Å². The largest absolute Gasteiger partial charge is 0.358 e. The second-order valence-electron chi connectivity index (χ2n) is 4.35. The monoisotopic (exact) mass is 318 g/mol. The van der Waals surface area contributed by atoms with Gasteiger partial charge in [-0.1, -0.05) is 25.1 Å². The number of fused-ring (bicyclic) bond motifs is 1. The van der Waals surface area contributed by atoms with Crippen molar-refractivity contribution in [3.63, 3.8) is 0 Å². The molecule has 1 aromatic heterocycles. The van der Waals surface area contributed by atoms with Crippen molar-refractivity contribution < 1.29 is 9.59 Å². The zero-order chi connectivity index (χ0) is 13.6. The number of amides is 2. The van der Waals surface area contributed by atoms with Crippen molar-refractivity contribution in [1.82, 2.24) is 10.3 Å². The van der Waals surface area contributed by atoms with Gasteiger partial charge >= 0.3 is 0 Å². The van der Waals surface area contributed by atoms with Crippen molar-refractivity contribution in [3.8, 4) is 0 Å². The summed E-state index contributed by atoms with van der Waals surface area (Å²) in [4.78, 5) is 26.9. The van der Waals surface area contributed by atoms with Crippen LogP contribution in [0.3, 0.4) is 0 Å². The zero-order valence-electron chi connectivity index (χ0n) is 10.2. The smallest absolute Gasteiger partial charge is 0.265 e. The van der Waals surface area contributed by atoms with Gasteiger partial charge < -0.3 is 4.98 Å². The molecule has 0 saturated carbocycles. The summed E-state index contributed by atoms with van der Waals surface area (Å²) in [6, 6.07) is 7.76. The molecular weight excluding hydrogens is 308 g/mol. The first-order valence-corrected chi connectivity index (χ1v) is 6.78. The quantitative estimate of drug-likeness (QED) is 0.836. The highest BCUT2D eigenvalue weighted by atomic mass is 79.9. The van der Waals surface area contributed by atoms with Gasteiger partial charge in [0.1, 0.15) is 0 Å². The van der Waals surface area contributed by atoms with E-state index < -0.39 is 0 Å². The lowest BCUT2D eigenvalue weighted by molar-refractivity contribution is -0.123. The summed E-state index contributed by atoms with van der Waals surface area (Å²) in [6.07, 6.45) is 0.759. The number of carbonyl (C=O) groups excluding carboxylic acids is 2. The van der Waals surface area contributed by atoms with E-state index in [2.05, 4.69) is 26.2 Å². The molecule has 0 fully saturated rings. The molecular formula is C14H11BrN2O2. The standard InChI is InChI=1S/C14H11BrN2O2/c1-2-8-10(7-5-3-4-6-9(7)16-8)11-12(15)14(19)17-13(11)18/h3-6,16H,2H2,1H3,(H,17,18,19). The van der Waals surface area contributed by atoms with Crippen molar-refractivity contribution in [3.05, 3.63) is 40.0 Å². The third-order valence-corrected chi connectivity index (χ3v) is 4.02. The Bertz CT molecular complexity index is 743. The average Bonchev–Trinajstić information content (AvgIpc) is 2.88. The Hall–Kier alpha value is -1.88. The van der Waals surface area contributed by atoms with Crippen LogP contribution in [0.1, 0.15) is 18.2 Å². The highest BCUT2D eigenvalue weighted by Gasteiger charge is 2.32. The van der Waals surface area contributed by atoms with E-state index in [1.165, 1.54) is 0 Å². The maximum Gasteiger partial charge on any atom is 0.265 e. The lowest BCUT2D eigenvalue weighted by atomic mass is 10.0. The van der Waals surface area contributed by atoms with Gasteiger partial charge in [0, 0.05) is 22.2 Å². The molecule has 0 bridgehead atoms. The highest BCUT2D eigenvalue weighted by Crippen LogP contribution is 2.35. The molecule has 19 heavy (non-hydrogen) atoms. The second-order valence-corrected chi connectivity index (χ2v) is 5.14. The first-order valence-electron chi connectivity index (χ1n) is 5.99. The molecule has 0 unspecified atom stereocenters. The van der Waals surface area contributed by atoms with Crippen molar-refractivity contribution in [2.24, 2.45) is 0 Å². The summed E-state index contributed by atoms with van der Waals surface area (Å²) in [5.74, 6) is -0.733. The molecule has 2 amide bonds. The summed E-state index contributed by atoms with van der Waals surface area (Å²) < 4.78 is 0.303. The Morgan fingerprint density at radius 1 is 1.16 bits per heavy atom. The SMILES string of the molecule is CCc1[nH]c2ccccc2c1C1=C(Br)C(=O)NC1=O. The zero-order valence-corrected chi connectivity index (χ0v) is 11.8. The number of hydrogen-bond acceptors (Lipinski definition) is 2. The number of benzene rings is 1. The Kier molecular flexibility index (Phi) is 2.78. The van der Waals surface area contributed by atoms with E-state index in [9.17, 15) is 9.59 Å². The number of halogens is 1. The second kappa shape index (κ2) is 4.35. The summed E-state index contributed by atoms with van der Waals surface area (Å²) >= 11 is 3.21. The molecule has 0 aliphatic carbocycles. The van der Waals surface area contributed by atoms with Crippen molar-refractivity contribution >= 4 is 44.2 Å². The van der Waals surface area contributed by atoms with E-state index in [1.54, 1.807) is 0 Å². The number of nitrogens with one attached hydrogen (secondary N) is 2. The number of imide groups is 1. The van der Waals surface area contributed by atoms with Crippen molar-refractivity contribution in [2.75, 3.05) is 0 Å². The molecule has 1 aliphatic rings. The van der Waals surface area contributed by atoms with Crippen LogP contribution in [0.25, 0.3) is 16.5 Å². The summed E-state index contributed by atoms with van der Waals surface area (Å²) in [6.45, 7) is 2.01. The lowest BCUT2D eigenvalue weighted by Gasteiger charge is -2.02. The van der Waals surface area contributed by atoms with Gasteiger partial charge in [-0.3, -0.25) is 14.9 Å². The van der Waals surface area contributed by atoms with Gasteiger partial charge in [-0.15, -0.1) is 0 Å². The molecule has 2 aromatic rings. The molecule has 0 radical (unpaired) electrons. The number of aromatic nitrogens is 1. The number of para-hydroxylation sites is 1. The minimum atomic E-state index is -0.382. The average molecular weight is 319 g/mol. The Labute approximate surface area is 118 Å². The normalized spacial score (nSPS) is 15.5. The maximum absolute atomic E-state index is 12.0. The van der Waals surface area contributed by atoms with Gasteiger partial charge in [0.25, 0.3) is 11.8 Å². The fraction of sp³-hybridized carbons (Fsp3) is 0.143. The van der Waals surface area contributed by atoms with Gasteiger partial charge in [0.05, 0.1) is 10.1 Å². The highest BCUT2D eigenvalue weighted by molar-refractivity contribution is 9.12. The molecule has 4 nitrogen and oxygen atoms in total. The van der Waals surface area contributed by atoms with Crippen LogP contribution >= 0.6 is 15.9 Å². The van der Waals surface area contributed by atoms with Gasteiger partial charge in [-0.25, -0.2) is 0 Å². The number of carbonyl (C=O) groups is 2. The molecule has 2 N–H and O–H groups in total. The molecule has 5 heteroatoms. The predicted molar refractivity (Wildman–Crippen MR) is 76.7 cm³/mol. The third-order valence-electron chi connectivity index (χ3n) is 3.26. The fourth-order valence-electron chi connectivity index (χ4n) is 2.41. The minimum absolute atomic E-state index is 0.303. The number of hydrogen-bond donors (Lipinski definition) is 2. The lowest BCUT2D eigenvalue weighted by Crippen LogP contribution is -2.22. The minimum Gasteiger partial charge on any atom is -0.358 e. The van der Waals surface area contributed by atoms with Gasteiger partial charge in [0.15, 0.2) is 0 Å². The van der Waals surface area contributed by atoms with E-state index in [0.717, 1.165) is 28.6 Å². The topological polar surface area (TPSA) is 62.0 Å². The molecule has 2 heterocycles. The van der Waals surface area contributed by atoms with Crippen LogP contribution in [0.15, 0.2) is 28.7 Å². The van der Waals surface area contributed by atoms with E-state index in [0.29, 0.717) is 10.1 Å². The van der Waals surface area contributed by atoms with Crippen LogP contribution in [-0.4, -0.2) is 16.8 Å². The summed E-state index contributed by atoms with van der Waals surface area (Å²) in [5.41, 5.74) is 3.15. The first-order chi connectivity index (χ1) is 9.13. The number of H-pyrrole nitrogens is 1. The fourth-order valence-corrected chi connectivity index (χ4v) is 2.88. The van der Waals surface area contributed by atoms with Crippen LogP contribution in [0.2, 0.25) is 0 Å². The van der Waals surface area contributed by atoms with E-state index in [-0.39, 0.29) is 11.8 Å². The Balaban J connectivity index is 2.36. The van der Waals surface area contributed by atoms with Crippen molar-refractivity contribution in [1.29, 1.82) is 0 Å². The van der Waals surface area contributed by atoms with E-state index in [4.69, 9.17) is 0 Å². The summed E-state index contributed by atoms with van der Waals surface area (Å²) in [5, 5.41) is 3.26. The maximum atomic E-state index is 12.0. The number of aryl methyl sites for hydroxylation is 1. The van der Waals surface area contributed by atoms with Crippen LogP contribution in [0.5, 0.6) is 0 Å². The molecule has 1 aromatic carbocycles. The number of rotatable bonds is 2. The first kappa shape index (κ1) is 12.2. The van der Waals surface area contributed by atoms with Crippen molar-refractivity contribution in [2.45, 2.75) is 13.3 Å². The molecule has 96 valence electrons. The Morgan fingerprint density at radius 3 is 2.53 bits per heavy atom. The van der Waals surface area contributed by atoms with Crippen LogP contribution in [-0.2, 0) is 16.0 Å². The van der Waals surface area contributed by atoms with E-state index >= 15 is 0 Å². The van der Waals surface area contributed by atoms with Gasteiger partial charge in [-0.05, 0) is 28.4 Å². The number of aromatic amines is 1. The predicted octanol–water partition coefficient (Wildman–Crippen LogP) is 2.49. The molecule has 1 aliphatic heterocycles. The Morgan fingerprint density at radius 2 is 1.89 bits per heavy atom. The van der Waals surface area contributed by atoms with E-state index in [1.807, 2.05) is 31.2 Å². The van der Waals surface area contributed by atoms with Gasteiger partial charge in [-0.2, -0.15) is 0 Å². The molecule has 0 spiro atoms.